The van der Waals surface area contributed by atoms with E-state index in [-0.39, 0.29) is 0 Å². The molecule has 0 amide bonds. The fraction of sp³-hybridized carbons (Fsp3) is 0.0833. The average molecular weight is 183 g/mol. The molecule has 0 spiro atoms. The maximum atomic E-state index is 10.8. The summed E-state index contributed by atoms with van der Waals surface area (Å²) >= 11 is 0. The molecule has 3 rings (SSSR count). The third-order valence-electron chi connectivity index (χ3n) is 2.76. The number of hydrogen-bond donors (Lipinski definition) is 0. The van der Waals surface area contributed by atoms with Crippen LogP contribution < -0.4 is 0 Å². The Kier molecular flexibility index (Phi) is 1.39. The fourth-order valence-electron chi connectivity index (χ4n) is 2.08. The Balaban J connectivity index is 2.27. The number of aromatic nitrogens is 1. The lowest BCUT2D eigenvalue weighted by atomic mass is 10.1. The summed E-state index contributed by atoms with van der Waals surface area (Å²) in [7, 11) is 0. The minimum Gasteiger partial charge on any atom is -0.334 e. The Hall–Kier alpha value is -1.83. The van der Waals surface area contributed by atoms with Crippen LogP contribution in [0.2, 0.25) is 0 Å². The van der Waals surface area contributed by atoms with Crippen molar-refractivity contribution in [1.82, 2.24) is 4.57 Å². The van der Waals surface area contributed by atoms with Crippen LogP contribution in [0.5, 0.6) is 0 Å². The molecule has 68 valence electrons. The van der Waals surface area contributed by atoms with Crippen LogP contribution in [0.15, 0.2) is 36.4 Å². The molecule has 2 heterocycles. The van der Waals surface area contributed by atoms with Gasteiger partial charge >= 0.3 is 0 Å². The van der Waals surface area contributed by atoms with E-state index in [9.17, 15) is 4.79 Å². The van der Waals surface area contributed by atoms with E-state index in [1.165, 1.54) is 11.1 Å². The Morgan fingerprint density at radius 1 is 1.14 bits per heavy atom. The molecule has 0 aliphatic carbocycles. The highest BCUT2D eigenvalue weighted by Crippen LogP contribution is 2.32. The predicted octanol–water partition coefficient (Wildman–Crippen LogP) is 2.33. The van der Waals surface area contributed by atoms with Crippen molar-refractivity contribution in [1.29, 1.82) is 0 Å². The monoisotopic (exact) mass is 183 g/mol. The highest BCUT2D eigenvalue weighted by Gasteiger charge is 2.19. The van der Waals surface area contributed by atoms with Gasteiger partial charge in [-0.1, -0.05) is 24.3 Å². The lowest BCUT2D eigenvalue weighted by Gasteiger charge is -1.97. The molecule has 2 heteroatoms. The quantitative estimate of drug-likeness (QED) is 0.531. The van der Waals surface area contributed by atoms with Crippen molar-refractivity contribution in [2.24, 2.45) is 0 Å². The van der Waals surface area contributed by atoms with Gasteiger partial charge in [-0.2, -0.15) is 0 Å². The van der Waals surface area contributed by atoms with Crippen LogP contribution >= 0.6 is 0 Å². The number of aldehydes is 1. The van der Waals surface area contributed by atoms with Crippen LogP contribution in [0.1, 0.15) is 16.1 Å². The van der Waals surface area contributed by atoms with Gasteiger partial charge in [0.25, 0.3) is 0 Å². The largest absolute Gasteiger partial charge is 0.334 e. The average Bonchev–Trinajstić information content (AvgIpc) is 2.75. The molecule has 1 aromatic carbocycles. The minimum absolute atomic E-state index is 0.760. The maximum absolute atomic E-state index is 10.8. The Morgan fingerprint density at radius 2 is 2.00 bits per heavy atom. The van der Waals surface area contributed by atoms with Crippen molar-refractivity contribution in [2.45, 2.75) is 6.54 Å². The van der Waals surface area contributed by atoms with Crippen molar-refractivity contribution in [3.05, 3.63) is 47.7 Å². The van der Waals surface area contributed by atoms with Gasteiger partial charge in [-0.15, -0.1) is 0 Å². The minimum atomic E-state index is 0.760. The molecule has 0 fully saturated rings. The van der Waals surface area contributed by atoms with Gasteiger partial charge in [-0.25, -0.2) is 0 Å². The second-order valence-electron chi connectivity index (χ2n) is 3.50. The van der Waals surface area contributed by atoms with Crippen molar-refractivity contribution in [3.63, 3.8) is 0 Å². The molecule has 2 aromatic rings. The zero-order valence-electron chi connectivity index (χ0n) is 7.60. The number of benzene rings is 1. The Morgan fingerprint density at radius 3 is 2.86 bits per heavy atom. The summed E-state index contributed by atoms with van der Waals surface area (Å²) in [5, 5.41) is 0. The van der Waals surface area contributed by atoms with E-state index in [0.717, 1.165) is 24.2 Å². The number of carbonyl (C=O) groups is 1. The summed E-state index contributed by atoms with van der Waals surface area (Å²) in [5.74, 6) is 0. The number of carbonyl (C=O) groups excluding carboxylic acids is 1. The van der Waals surface area contributed by atoms with E-state index >= 15 is 0 Å². The fourth-order valence-corrected chi connectivity index (χ4v) is 2.08. The lowest BCUT2D eigenvalue weighted by molar-refractivity contribution is 0.111. The molecular weight excluding hydrogens is 174 g/mol. The van der Waals surface area contributed by atoms with Gasteiger partial charge in [0.05, 0.1) is 5.69 Å². The lowest BCUT2D eigenvalue weighted by Crippen LogP contribution is -1.97. The molecular formula is C12H9NO. The van der Waals surface area contributed by atoms with E-state index in [2.05, 4.69) is 16.7 Å². The van der Waals surface area contributed by atoms with Crippen LogP contribution in [0, 0.1) is 0 Å². The summed E-state index contributed by atoms with van der Waals surface area (Å²) in [6.45, 7) is 0.826. The SMILES string of the molecule is O=Cc1ccc2n1Cc1ccccc1-2. The van der Waals surface area contributed by atoms with Crippen molar-refractivity contribution >= 4 is 6.29 Å². The normalized spacial score (nSPS) is 12.3. The van der Waals surface area contributed by atoms with Gasteiger partial charge in [0, 0.05) is 17.8 Å². The van der Waals surface area contributed by atoms with Gasteiger partial charge < -0.3 is 4.57 Å². The zero-order chi connectivity index (χ0) is 9.54. The summed E-state index contributed by atoms with van der Waals surface area (Å²) in [5.41, 5.74) is 4.46. The smallest absolute Gasteiger partial charge is 0.166 e. The van der Waals surface area contributed by atoms with Crippen LogP contribution in [0.4, 0.5) is 0 Å². The van der Waals surface area contributed by atoms with Crippen molar-refractivity contribution in [2.75, 3.05) is 0 Å². The van der Waals surface area contributed by atoms with E-state index in [0.29, 0.717) is 0 Å². The third-order valence-corrected chi connectivity index (χ3v) is 2.76. The number of nitrogens with zero attached hydrogens (tertiary/aromatic N) is 1. The zero-order valence-corrected chi connectivity index (χ0v) is 7.60. The van der Waals surface area contributed by atoms with E-state index < -0.39 is 0 Å². The molecule has 0 bridgehead atoms. The summed E-state index contributed by atoms with van der Waals surface area (Å²) < 4.78 is 2.05. The van der Waals surface area contributed by atoms with Gasteiger partial charge in [-0.3, -0.25) is 4.79 Å². The first kappa shape index (κ1) is 7.56. The van der Waals surface area contributed by atoms with Gasteiger partial charge in [0.1, 0.15) is 0 Å². The molecule has 0 radical (unpaired) electrons. The van der Waals surface area contributed by atoms with E-state index in [4.69, 9.17) is 0 Å². The predicted molar refractivity (Wildman–Crippen MR) is 54.4 cm³/mol. The first-order valence-corrected chi connectivity index (χ1v) is 4.63. The number of fused-ring (bicyclic) bond motifs is 3. The van der Waals surface area contributed by atoms with Gasteiger partial charge in [0.15, 0.2) is 6.29 Å². The summed E-state index contributed by atoms with van der Waals surface area (Å²) in [6.07, 6.45) is 0.912. The van der Waals surface area contributed by atoms with Gasteiger partial charge in [-0.05, 0) is 17.7 Å². The highest BCUT2D eigenvalue weighted by atomic mass is 16.1. The molecule has 1 aliphatic rings. The number of rotatable bonds is 1. The molecule has 2 nitrogen and oxygen atoms in total. The first-order chi connectivity index (χ1) is 6.90. The molecule has 0 N–H and O–H groups in total. The summed E-state index contributed by atoms with van der Waals surface area (Å²) in [4.78, 5) is 10.8. The van der Waals surface area contributed by atoms with E-state index in [1.54, 1.807) is 0 Å². The molecule has 0 saturated heterocycles. The summed E-state index contributed by atoms with van der Waals surface area (Å²) in [6, 6.07) is 12.2. The molecule has 1 aliphatic heterocycles. The van der Waals surface area contributed by atoms with Crippen LogP contribution in [0.3, 0.4) is 0 Å². The van der Waals surface area contributed by atoms with Crippen molar-refractivity contribution < 1.29 is 4.79 Å². The topological polar surface area (TPSA) is 22.0 Å². The van der Waals surface area contributed by atoms with Crippen LogP contribution in [0.25, 0.3) is 11.3 Å². The molecule has 0 unspecified atom stereocenters. The maximum Gasteiger partial charge on any atom is 0.166 e. The van der Waals surface area contributed by atoms with Crippen LogP contribution in [-0.4, -0.2) is 10.9 Å². The van der Waals surface area contributed by atoms with Gasteiger partial charge in [0.2, 0.25) is 0 Å². The molecule has 14 heavy (non-hydrogen) atoms. The Labute approximate surface area is 81.8 Å². The standard InChI is InChI=1S/C12H9NO/c14-8-10-5-6-12-11-4-2-1-3-9(11)7-13(10)12/h1-6,8H,7H2. The molecule has 0 atom stereocenters. The van der Waals surface area contributed by atoms with E-state index in [1.807, 2.05) is 24.3 Å². The second kappa shape index (κ2) is 2.58. The highest BCUT2D eigenvalue weighted by molar-refractivity contribution is 5.79. The van der Waals surface area contributed by atoms with Crippen molar-refractivity contribution in [3.8, 4) is 11.3 Å². The molecule has 0 saturated carbocycles. The van der Waals surface area contributed by atoms with Crippen LogP contribution in [-0.2, 0) is 6.54 Å². The first-order valence-electron chi connectivity index (χ1n) is 4.63. The second-order valence-corrected chi connectivity index (χ2v) is 3.50. The molecule has 1 aromatic heterocycles. The third kappa shape index (κ3) is 0.826. The number of hydrogen-bond acceptors (Lipinski definition) is 1. The Bertz CT molecular complexity index is 511.